The molecular formula is C20H32N2O4. The van der Waals surface area contributed by atoms with E-state index in [0.29, 0.717) is 19.0 Å². The number of nitrogens with zero attached hydrogens (tertiary/aromatic N) is 1. The van der Waals surface area contributed by atoms with Gasteiger partial charge in [-0.3, -0.25) is 9.59 Å². The van der Waals surface area contributed by atoms with Crippen LogP contribution in [0.1, 0.15) is 64.7 Å². The second-order valence-corrected chi connectivity index (χ2v) is 9.14. The highest BCUT2D eigenvalue weighted by molar-refractivity contribution is 5.81. The predicted molar refractivity (Wildman–Crippen MR) is 96.4 cm³/mol. The lowest BCUT2D eigenvalue weighted by molar-refractivity contribution is -0.157. The molecule has 4 rings (SSSR count). The zero-order valence-corrected chi connectivity index (χ0v) is 15.8. The second-order valence-electron chi connectivity index (χ2n) is 9.14. The molecule has 0 aromatic heterocycles. The average molecular weight is 364 g/mol. The summed E-state index contributed by atoms with van der Waals surface area (Å²) in [4.78, 5) is 26.8. The zero-order chi connectivity index (χ0) is 18.4. The molecule has 6 heteroatoms. The molecule has 0 aromatic rings. The molecule has 2 saturated carbocycles. The topological polar surface area (TPSA) is 78.9 Å². The molecule has 2 aliphatic carbocycles. The standard InChI is InChI=1S/C20H32N2O4/c1-14-13-22(17(23)11-19(25)6-2-7-19)10-9-20(14)8-5-16(26-20)18(24)21-12-15-3-4-15/h14-16,25H,2-13H2,1H3,(H,21,24). The summed E-state index contributed by atoms with van der Waals surface area (Å²) in [6, 6.07) is 0. The number of likely N-dealkylation sites (tertiary alicyclic amines) is 1. The maximum Gasteiger partial charge on any atom is 0.249 e. The largest absolute Gasteiger partial charge is 0.389 e. The highest BCUT2D eigenvalue weighted by Crippen LogP contribution is 2.43. The van der Waals surface area contributed by atoms with Crippen LogP contribution in [0.2, 0.25) is 0 Å². The molecule has 146 valence electrons. The summed E-state index contributed by atoms with van der Waals surface area (Å²) < 4.78 is 6.28. The Kier molecular flexibility index (Phi) is 4.76. The second kappa shape index (κ2) is 6.79. The van der Waals surface area contributed by atoms with Gasteiger partial charge >= 0.3 is 0 Å². The van der Waals surface area contributed by atoms with E-state index in [1.807, 2.05) is 4.90 Å². The summed E-state index contributed by atoms with van der Waals surface area (Å²) in [7, 11) is 0. The van der Waals surface area contributed by atoms with Crippen LogP contribution in [0.5, 0.6) is 0 Å². The third-order valence-corrected chi connectivity index (χ3v) is 7.08. The molecule has 6 nitrogen and oxygen atoms in total. The first kappa shape index (κ1) is 18.2. The summed E-state index contributed by atoms with van der Waals surface area (Å²) in [6.45, 7) is 4.23. The maximum absolute atomic E-state index is 12.5. The number of carbonyl (C=O) groups excluding carboxylic acids is 2. The van der Waals surface area contributed by atoms with E-state index in [1.165, 1.54) is 12.8 Å². The van der Waals surface area contributed by atoms with Crippen LogP contribution in [-0.2, 0) is 14.3 Å². The summed E-state index contributed by atoms with van der Waals surface area (Å²) in [6.07, 6.45) is 7.31. The fourth-order valence-corrected chi connectivity index (χ4v) is 4.73. The summed E-state index contributed by atoms with van der Waals surface area (Å²) >= 11 is 0. The van der Waals surface area contributed by atoms with Crippen LogP contribution in [0.25, 0.3) is 0 Å². The summed E-state index contributed by atoms with van der Waals surface area (Å²) in [5.41, 5.74) is -1.03. The van der Waals surface area contributed by atoms with Crippen molar-refractivity contribution in [3.63, 3.8) is 0 Å². The number of piperidine rings is 1. The highest BCUT2D eigenvalue weighted by Gasteiger charge is 2.50. The van der Waals surface area contributed by atoms with Gasteiger partial charge < -0.3 is 20.1 Å². The minimum Gasteiger partial charge on any atom is -0.389 e. The van der Waals surface area contributed by atoms with Crippen molar-refractivity contribution >= 4 is 11.8 Å². The normalized spacial score (nSPS) is 36.0. The molecule has 2 amide bonds. The van der Waals surface area contributed by atoms with E-state index < -0.39 is 5.60 Å². The van der Waals surface area contributed by atoms with Gasteiger partial charge in [-0.2, -0.15) is 0 Å². The van der Waals surface area contributed by atoms with Crippen LogP contribution in [0.4, 0.5) is 0 Å². The van der Waals surface area contributed by atoms with Crippen molar-refractivity contribution in [1.29, 1.82) is 0 Å². The number of hydrogen-bond acceptors (Lipinski definition) is 4. The van der Waals surface area contributed by atoms with Gasteiger partial charge in [-0.25, -0.2) is 0 Å². The van der Waals surface area contributed by atoms with Crippen molar-refractivity contribution in [3.8, 4) is 0 Å². The number of amides is 2. The average Bonchev–Trinajstić information content (AvgIpc) is 3.32. The lowest BCUT2D eigenvalue weighted by Crippen LogP contribution is -2.54. The van der Waals surface area contributed by atoms with E-state index in [2.05, 4.69) is 12.2 Å². The van der Waals surface area contributed by atoms with E-state index in [-0.39, 0.29) is 35.9 Å². The number of carbonyl (C=O) groups is 2. The molecule has 4 aliphatic rings. The number of ether oxygens (including phenoxy) is 1. The Morgan fingerprint density at radius 3 is 2.58 bits per heavy atom. The first-order chi connectivity index (χ1) is 12.4. The molecule has 1 spiro atoms. The Morgan fingerprint density at radius 2 is 1.96 bits per heavy atom. The predicted octanol–water partition coefficient (Wildman–Crippen LogP) is 1.60. The van der Waals surface area contributed by atoms with E-state index in [4.69, 9.17) is 4.74 Å². The highest BCUT2D eigenvalue weighted by atomic mass is 16.5. The van der Waals surface area contributed by atoms with Gasteiger partial charge in [-0.05, 0) is 57.3 Å². The summed E-state index contributed by atoms with van der Waals surface area (Å²) in [5, 5.41) is 13.3. The Morgan fingerprint density at radius 1 is 1.19 bits per heavy atom. The number of rotatable bonds is 5. The van der Waals surface area contributed by atoms with Crippen LogP contribution in [0.3, 0.4) is 0 Å². The molecule has 2 saturated heterocycles. The Bertz CT molecular complexity index is 572. The molecule has 26 heavy (non-hydrogen) atoms. The Labute approximate surface area is 155 Å². The third-order valence-electron chi connectivity index (χ3n) is 7.08. The van der Waals surface area contributed by atoms with Crippen molar-refractivity contribution in [2.45, 2.75) is 82.0 Å². The van der Waals surface area contributed by atoms with E-state index in [1.54, 1.807) is 0 Å². The molecular weight excluding hydrogens is 332 g/mol. The third kappa shape index (κ3) is 3.63. The van der Waals surface area contributed by atoms with Gasteiger partial charge in [-0.1, -0.05) is 6.92 Å². The van der Waals surface area contributed by atoms with Crippen LogP contribution in [-0.4, -0.2) is 58.8 Å². The number of hydrogen-bond donors (Lipinski definition) is 2. The first-order valence-corrected chi connectivity index (χ1v) is 10.3. The lowest BCUT2D eigenvalue weighted by atomic mass is 9.76. The first-order valence-electron chi connectivity index (χ1n) is 10.3. The SMILES string of the molecule is CC1CN(C(=O)CC2(O)CCC2)CCC12CCC(C(=O)NCC1CC1)O2. The molecule has 4 fully saturated rings. The molecule has 0 bridgehead atoms. The molecule has 0 aromatic carbocycles. The van der Waals surface area contributed by atoms with Crippen molar-refractivity contribution in [2.24, 2.45) is 11.8 Å². The zero-order valence-electron chi connectivity index (χ0n) is 15.8. The number of nitrogens with one attached hydrogen (secondary N) is 1. The summed E-state index contributed by atoms with van der Waals surface area (Å²) in [5.74, 6) is 0.975. The quantitative estimate of drug-likeness (QED) is 0.777. The molecule has 3 atom stereocenters. The number of aliphatic hydroxyl groups is 1. The van der Waals surface area contributed by atoms with Crippen molar-refractivity contribution in [2.75, 3.05) is 19.6 Å². The fraction of sp³-hybridized carbons (Fsp3) is 0.900. The van der Waals surface area contributed by atoms with Crippen molar-refractivity contribution in [1.82, 2.24) is 10.2 Å². The fourth-order valence-electron chi connectivity index (χ4n) is 4.73. The van der Waals surface area contributed by atoms with Crippen LogP contribution in [0.15, 0.2) is 0 Å². The molecule has 3 unspecified atom stereocenters. The van der Waals surface area contributed by atoms with Crippen molar-refractivity contribution < 1.29 is 19.4 Å². The van der Waals surface area contributed by atoms with Crippen LogP contribution >= 0.6 is 0 Å². The van der Waals surface area contributed by atoms with Crippen LogP contribution in [0, 0.1) is 11.8 Å². The van der Waals surface area contributed by atoms with Gasteiger partial charge in [-0.15, -0.1) is 0 Å². The minimum absolute atomic E-state index is 0.0340. The minimum atomic E-state index is -0.760. The maximum atomic E-state index is 12.5. The van der Waals surface area contributed by atoms with Gasteiger partial charge in [0.15, 0.2) is 0 Å². The van der Waals surface area contributed by atoms with Gasteiger partial charge in [0.05, 0.1) is 17.6 Å². The molecule has 2 N–H and O–H groups in total. The van der Waals surface area contributed by atoms with Gasteiger partial charge in [0, 0.05) is 25.6 Å². The van der Waals surface area contributed by atoms with E-state index in [9.17, 15) is 14.7 Å². The Hall–Kier alpha value is -1.14. The van der Waals surface area contributed by atoms with Gasteiger partial charge in [0.2, 0.25) is 11.8 Å². The molecule has 2 aliphatic heterocycles. The molecule has 0 radical (unpaired) electrons. The van der Waals surface area contributed by atoms with Gasteiger partial charge in [0.1, 0.15) is 6.10 Å². The van der Waals surface area contributed by atoms with Crippen LogP contribution < -0.4 is 5.32 Å². The van der Waals surface area contributed by atoms with E-state index >= 15 is 0 Å². The monoisotopic (exact) mass is 364 g/mol. The Balaban J connectivity index is 1.29. The van der Waals surface area contributed by atoms with Crippen molar-refractivity contribution in [3.05, 3.63) is 0 Å². The van der Waals surface area contributed by atoms with E-state index in [0.717, 1.165) is 45.1 Å². The lowest BCUT2D eigenvalue weighted by Gasteiger charge is -2.45. The molecule has 2 heterocycles. The van der Waals surface area contributed by atoms with Gasteiger partial charge in [0.25, 0.3) is 0 Å². The smallest absolute Gasteiger partial charge is 0.249 e.